The summed E-state index contributed by atoms with van der Waals surface area (Å²) in [4.78, 5) is 40.6. The molecule has 210 valence electrons. The Morgan fingerprint density at radius 3 is 2.26 bits per heavy atom. The van der Waals surface area contributed by atoms with Gasteiger partial charge in [-0.25, -0.2) is 9.18 Å². The molecular formula is C27H37FN2O8. The van der Waals surface area contributed by atoms with E-state index in [4.69, 9.17) is 23.7 Å². The van der Waals surface area contributed by atoms with Crippen molar-refractivity contribution in [3.05, 3.63) is 52.9 Å². The van der Waals surface area contributed by atoms with Gasteiger partial charge in [-0.3, -0.25) is 14.6 Å². The zero-order valence-electron chi connectivity index (χ0n) is 23.1. The maximum Gasteiger partial charge on any atom is 0.328 e. The zero-order valence-corrected chi connectivity index (χ0v) is 23.1. The second-order valence-electron chi connectivity index (χ2n) is 8.59. The highest BCUT2D eigenvalue weighted by Gasteiger charge is 2.31. The average molecular weight is 537 g/mol. The predicted octanol–water partition coefficient (Wildman–Crippen LogP) is 4.01. The molecule has 38 heavy (non-hydrogen) atoms. The lowest BCUT2D eigenvalue weighted by molar-refractivity contribution is -0.153. The van der Waals surface area contributed by atoms with E-state index in [1.165, 1.54) is 40.2 Å². The second kappa shape index (κ2) is 15.4. The van der Waals surface area contributed by atoms with Gasteiger partial charge in [0.15, 0.2) is 17.2 Å². The van der Waals surface area contributed by atoms with Crippen LogP contribution in [0.15, 0.2) is 46.5 Å². The van der Waals surface area contributed by atoms with Crippen LogP contribution in [0.2, 0.25) is 0 Å². The summed E-state index contributed by atoms with van der Waals surface area (Å²) < 4.78 is 40.8. The SMILES string of the molecule is C=N/C(C(=O)N[C@@H](C)C(=O)O[C@@H](C)[C@H](c1ccc(OC)cc1F)C(C)C)=C(OCOC(C)=O)\C(=C/C)OC. The zero-order chi connectivity index (χ0) is 29.0. The number of methoxy groups -OCH3 is 2. The number of nitrogens with zero attached hydrogens (tertiary/aromatic N) is 1. The van der Waals surface area contributed by atoms with Crippen molar-refractivity contribution in [1.29, 1.82) is 0 Å². The quantitative estimate of drug-likeness (QED) is 0.0945. The number of esters is 2. The summed E-state index contributed by atoms with van der Waals surface area (Å²) in [6, 6.07) is 3.41. The van der Waals surface area contributed by atoms with Gasteiger partial charge in [0.05, 0.1) is 14.2 Å². The van der Waals surface area contributed by atoms with Gasteiger partial charge < -0.3 is 29.0 Å². The highest BCUT2D eigenvalue weighted by atomic mass is 19.1. The average Bonchev–Trinajstić information content (AvgIpc) is 2.85. The summed E-state index contributed by atoms with van der Waals surface area (Å²) >= 11 is 0. The van der Waals surface area contributed by atoms with Crippen LogP contribution in [0, 0.1) is 11.7 Å². The minimum absolute atomic E-state index is 0.0738. The Morgan fingerprint density at radius 1 is 1.13 bits per heavy atom. The normalized spacial score (nSPS) is 14.4. The topological polar surface area (TPSA) is 122 Å². The fourth-order valence-corrected chi connectivity index (χ4v) is 3.76. The first-order chi connectivity index (χ1) is 17.9. The van der Waals surface area contributed by atoms with Gasteiger partial charge in [0, 0.05) is 18.9 Å². The summed E-state index contributed by atoms with van der Waals surface area (Å²) in [5, 5.41) is 2.49. The molecule has 0 aliphatic carbocycles. The molecule has 0 fully saturated rings. The van der Waals surface area contributed by atoms with Crippen LogP contribution in [0.5, 0.6) is 5.75 Å². The number of amides is 1. The number of hydrogen-bond acceptors (Lipinski definition) is 9. The van der Waals surface area contributed by atoms with Crippen LogP contribution in [0.3, 0.4) is 0 Å². The fraction of sp³-hybridized carbons (Fsp3) is 0.481. The number of aliphatic imine (C=N–C) groups is 1. The van der Waals surface area contributed by atoms with Crippen molar-refractivity contribution in [2.45, 2.75) is 59.6 Å². The van der Waals surface area contributed by atoms with Crippen LogP contribution in [-0.2, 0) is 33.3 Å². The summed E-state index contributed by atoms with van der Waals surface area (Å²) in [5.41, 5.74) is 0.0760. The summed E-state index contributed by atoms with van der Waals surface area (Å²) in [5.74, 6) is -2.80. The summed E-state index contributed by atoms with van der Waals surface area (Å²) in [6.45, 7) is 12.6. The molecule has 1 N–H and O–H groups in total. The van der Waals surface area contributed by atoms with Crippen molar-refractivity contribution < 1.29 is 42.5 Å². The molecule has 0 saturated carbocycles. The number of carbonyl (C=O) groups is 3. The number of benzene rings is 1. The first kappa shape index (κ1) is 32.1. The molecule has 0 spiro atoms. The van der Waals surface area contributed by atoms with Gasteiger partial charge in [-0.15, -0.1) is 0 Å². The van der Waals surface area contributed by atoms with Gasteiger partial charge in [0.1, 0.15) is 23.7 Å². The number of rotatable bonds is 14. The van der Waals surface area contributed by atoms with Crippen molar-refractivity contribution in [3.63, 3.8) is 0 Å². The molecule has 11 heteroatoms. The maximum atomic E-state index is 14.8. The van der Waals surface area contributed by atoms with Gasteiger partial charge in [-0.1, -0.05) is 19.9 Å². The molecule has 0 aromatic heterocycles. The maximum absolute atomic E-state index is 14.8. The van der Waals surface area contributed by atoms with Crippen LogP contribution in [0.4, 0.5) is 4.39 Å². The van der Waals surface area contributed by atoms with Crippen LogP contribution in [0.25, 0.3) is 0 Å². The standard InChI is InChI=1S/C27H37FN2O8/c1-10-22(35-9)25(37-14-36-18(6)31)24(29-7)26(32)30-16(4)27(33)38-17(5)23(15(2)3)20-12-11-19(34-8)13-21(20)28/h10-13,15-17,23H,7,14H2,1-6,8-9H3,(H,30,32)/b22-10+,25-24+/t16-,17-,23+/m0/s1. The molecule has 1 aromatic carbocycles. The molecule has 1 aromatic rings. The van der Waals surface area contributed by atoms with E-state index in [9.17, 15) is 18.8 Å². The highest BCUT2D eigenvalue weighted by molar-refractivity contribution is 5.97. The number of allylic oxidation sites excluding steroid dienone is 1. The third-order valence-electron chi connectivity index (χ3n) is 5.55. The predicted molar refractivity (Wildman–Crippen MR) is 139 cm³/mol. The molecule has 0 heterocycles. The van der Waals surface area contributed by atoms with E-state index in [1.54, 1.807) is 26.0 Å². The van der Waals surface area contributed by atoms with Crippen molar-refractivity contribution in [2.75, 3.05) is 21.0 Å². The third-order valence-corrected chi connectivity index (χ3v) is 5.55. The molecule has 3 atom stereocenters. The molecule has 0 bridgehead atoms. The van der Waals surface area contributed by atoms with Crippen molar-refractivity contribution in [1.82, 2.24) is 5.32 Å². The molecule has 0 saturated heterocycles. The highest BCUT2D eigenvalue weighted by Crippen LogP contribution is 2.33. The molecule has 1 rings (SSSR count). The molecule has 10 nitrogen and oxygen atoms in total. The van der Waals surface area contributed by atoms with Crippen molar-refractivity contribution in [2.24, 2.45) is 10.9 Å². The van der Waals surface area contributed by atoms with Gasteiger partial charge in [-0.2, -0.15) is 0 Å². The van der Waals surface area contributed by atoms with E-state index in [0.29, 0.717) is 11.3 Å². The third kappa shape index (κ3) is 8.89. The minimum Gasteiger partial charge on any atom is -0.497 e. The summed E-state index contributed by atoms with van der Waals surface area (Å²) in [7, 11) is 2.79. The van der Waals surface area contributed by atoms with E-state index >= 15 is 0 Å². The molecule has 1 amide bonds. The van der Waals surface area contributed by atoms with Crippen molar-refractivity contribution >= 4 is 24.6 Å². The number of ether oxygens (including phenoxy) is 5. The van der Waals surface area contributed by atoms with E-state index < -0.39 is 48.5 Å². The Bertz CT molecular complexity index is 1070. The van der Waals surface area contributed by atoms with E-state index in [1.807, 2.05) is 13.8 Å². The molecule has 0 aliphatic heterocycles. The number of nitrogens with one attached hydrogen (secondary N) is 1. The lowest BCUT2D eigenvalue weighted by Gasteiger charge is -2.29. The Labute approximate surface area is 222 Å². The van der Waals surface area contributed by atoms with Crippen LogP contribution in [0.1, 0.15) is 53.0 Å². The largest absolute Gasteiger partial charge is 0.497 e. The van der Waals surface area contributed by atoms with Crippen LogP contribution >= 0.6 is 0 Å². The first-order valence-corrected chi connectivity index (χ1v) is 11.9. The number of hydrogen-bond donors (Lipinski definition) is 1. The summed E-state index contributed by atoms with van der Waals surface area (Å²) in [6.07, 6.45) is 0.786. The second-order valence-corrected chi connectivity index (χ2v) is 8.59. The van der Waals surface area contributed by atoms with E-state index in [0.717, 1.165) is 0 Å². The number of halogens is 1. The molecule has 0 unspecified atom stereocenters. The van der Waals surface area contributed by atoms with Gasteiger partial charge in [0.25, 0.3) is 5.91 Å². The first-order valence-electron chi connectivity index (χ1n) is 11.9. The number of carbonyl (C=O) groups excluding carboxylic acids is 3. The Hall–Kier alpha value is -3.89. The monoisotopic (exact) mass is 536 g/mol. The van der Waals surface area contributed by atoms with E-state index in [-0.39, 0.29) is 23.1 Å². The Balaban J connectivity index is 3.10. The van der Waals surface area contributed by atoms with Gasteiger partial charge >= 0.3 is 11.9 Å². The Morgan fingerprint density at radius 2 is 1.79 bits per heavy atom. The van der Waals surface area contributed by atoms with Crippen LogP contribution in [-0.4, -0.2) is 57.7 Å². The smallest absolute Gasteiger partial charge is 0.328 e. The van der Waals surface area contributed by atoms with Gasteiger partial charge in [-0.05, 0) is 51.1 Å². The minimum atomic E-state index is -1.11. The van der Waals surface area contributed by atoms with Crippen molar-refractivity contribution in [3.8, 4) is 5.75 Å². The Kier molecular flexibility index (Phi) is 13.0. The fourth-order valence-electron chi connectivity index (χ4n) is 3.76. The molecule has 0 aliphatic rings. The van der Waals surface area contributed by atoms with Crippen LogP contribution < -0.4 is 10.1 Å². The van der Waals surface area contributed by atoms with Gasteiger partial charge in [0.2, 0.25) is 6.79 Å². The lowest BCUT2D eigenvalue weighted by atomic mass is 9.84. The molecular weight excluding hydrogens is 499 g/mol. The lowest BCUT2D eigenvalue weighted by Crippen LogP contribution is -2.42. The van der Waals surface area contributed by atoms with E-state index in [2.05, 4.69) is 17.0 Å². The molecule has 0 radical (unpaired) electrons.